The quantitative estimate of drug-likeness (QED) is 0.579. The molecule has 3 rings (SSSR count). The first-order valence-corrected chi connectivity index (χ1v) is 9.05. The molecular formula is C17H11F5N2O3S. The van der Waals surface area contributed by atoms with E-state index in [1.165, 1.54) is 18.2 Å². The maximum atomic E-state index is 14.0. The van der Waals surface area contributed by atoms with Crippen molar-refractivity contribution in [3.63, 3.8) is 0 Å². The lowest BCUT2D eigenvalue weighted by molar-refractivity contribution is -0.0523. The van der Waals surface area contributed by atoms with E-state index in [1.54, 1.807) is 10.8 Å². The van der Waals surface area contributed by atoms with Crippen molar-refractivity contribution >= 4 is 15.7 Å². The van der Waals surface area contributed by atoms with E-state index >= 15 is 0 Å². The van der Waals surface area contributed by atoms with Gasteiger partial charge in [-0.25, -0.2) is 21.6 Å². The van der Waals surface area contributed by atoms with Gasteiger partial charge in [0.2, 0.25) is 0 Å². The summed E-state index contributed by atoms with van der Waals surface area (Å²) in [7, 11) is -4.39. The zero-order valence-electron chi connectivity index (χ0n) is 13.7. The molecule has 2 N–H and O–H groups in total. The number of halogens is 5. The van der Waals surface area contributed by atoms with Gasteiger partial charge in [0.05, 0.1) is 5.69 Å². The van der Waals surface area contributed by atoms with Crippen LogP contribution < -0.4 is 9.46 Å². The van der Waals surface area contributed by atoms with Crippen LogP contribution in [0.5, 0.6) is 5.75 Å². The predicted molar refractivity (Wildman–Crippen MR) is 90.0 cm³/mol. The number of H-pyrrole nitrogens is 1. The van der Waals surface area contributed by atoms with Crippen LogP contribution in [-0.2, 0) is 10.0 Å². The average Bonchev–Trinajstić information content (AvgIpc) is 3.10. The fraction of sp³-hybridized carbons (Fsp3) is 0.0588. The Labute approximate surface area is 155 Å². The van der Waals surface area contributed by atoms with E-state index in [0.29, 0.717) is 12.1 Å². The molecule has 0 spiro atoms. The molecule has 0 bridgehead atoms. The van der Waals surface area contributed by atoms with Crippen molar-refractivity contribution in [2.45, 2.75) is 11.5 Å². The number of anilines is 1. The first-order chi connectivity index (χ1) is 13.2. The second-order valence-electron chi connectivity index (χ2n) is 5.48. The number of sulfonamides is 1. The molecule has 5 nitrogen and oxygen atoms in total. The first kappa shape index (κ1) is 19.7. The van der Waals surface area contributed by atoms with E-state index in [0.717, 1.165) is 12.3 Å². The van der Waals surface area contributed by atoms with E-state index in [9.17, 15) is 30.4 Å². The molecule has 0 fully saturated rings. The Hall–Kier alpha value is -3.08. The molecule has 0 radical (unpaired) electrons. The third-order valence-corrected chi connectivity index (χ3v) is 4.96. The van der Waals surface area contributed by atoms with Crippen molar-refractivity contribution in [2.75, 3.05) is 4.72 Å². The Morgan fingerprint density at radius 1 is 0.964 bits per heavy atom. The zero-order chi connectivity index (χ0) is 20.5. The molecule has 0 saturated carbocycles. The van der Waals surface area contributed by atoms with Crippen LogP contribution in [0.15, 0.2) is 53.6 Å². The molecule has 0 aliphatic heterocycles. The van der Waals surface area contributed by atoms with Crippen LogP contribution in [0.25, 0.3) is 11.3 Å². The molecule has 0 atom stereocenters. The van der Waals surface area contributed by atoms with Crippen molar-refractivity contribution in [1.82, 2.24) is 4.98 Å². The molecule has 11 heteroatoms. The summed E-state index contributed by atoms with van der Waals surface area (Å²) in [6.45, 7) is -3.38. The summed E-state index contributed by atoms with van der Waals surface area (Å²) in [6.07, 6.45) is 1.03. The number of aromatic nitrogens is 1. The zero-order valence-corrected chi connectivity index (χ0v) is 14.5. The Balaban J connectivity index is 1.89. The van der Waals surface area contributed by atoms with Crippen molar-refractivity contribution in [3.8, 4) is 17.0 Å². The van der Waals surface area contributed by atoms with Crippen LogP contribution in [0, 0.1) is 17.5 Å². The van der Waals surface area contributed by atoms with E-state index in [1.807, 2.05) is 0 Å². The Morgan fingerprint density at radius 3 is 2.36 bits per heavy atom. The molecule has 0 saturated heterocycles. The summed E-state index contributed by atoms with van der Waals surface area (Å²) in [6, 6.07) is 7.37. The predicted octanol–water partition coefficient (Wildman–Crippen LogP) is 4.50. The standard InChI is InChI=1S/C17H11F5N2O3S/c18-11-4-2-1-3-10(11)14-5-9(8-23-14)28(25,26)24-15-6-13(20)16(7-12(15)19)27-17(21)22/h1-8,17,23-24H. The summed E-state index contributed by atoms with van der Waals surface area (Å²) in [5.74, 6) is -4.38. The summed E-state index contributed by atoms with van der Waals surface area (Å²) >= 11 is 0. The molecule has 0 unspecified atom stereocenters. The molecule has 28 heavy (non-hydrogen) atoms. The minimum atomic E-state index is -4.39. The average molecular weight is 418 g/mol. The summed E-state index contributed by atoms with van der Waals surface area (Å²) in [4.78, 5) is 2.20. The maximum absolute atomic E-state index is 14.0. The number of benzene rings is 2. The van der Waals surface area contributed by atoms with Gasteiger partial charge in [0, 0.05) is 29.6 Å². The highest BCUT2D eigenvalue weighted by Gasteiger charge is 2.22. The lowest BCUT2D eigenvalue weighted by Gasteiger charge is -2.11. The van der Waals surface area contributed by atoms with Gasteiger partial charge in [-0.1, -0.05) is 12.1 Å². The van der Waals surface area contributed by atoms with E-state index < -0.39 is 45.5 Å². The molecular weight excluding hydrogens is 407 g/mol. The number of hydrogen-bond donors (Lipinski definition) is 2. The number of rotatable bonds is 6. The molecule has 0 aliphatic rings. The van der Waals surface area contributed by atoms with Gasteiger partial charge in [0.15, 0.2) is 17.4 Å². The molecule has 1 aromatic heterocycles. The van der Waals surface area contributed by atoms with Gasteiger partial charge in [-0.2, -0.15) is 8.78 Å². The fourth-order valence-electron chi connectivity index (χ4n) is 2.36. The van der Waals surface area contributed by atoms with Crippen molar-refractivity contribution in [1.29, 1.82) is 0 Å². The smallest absolute Gasteiger partial charge is 0.387 e. The van der Waals surface area contributed by atoms with Gasteiger partial charge in [-0.15, -0.1) is 0 Å². The third-order valence-electron chi connectivity index (χ3n) is 3.61. The molecule has 3 aromatic rings. The Morgan fingerprint density at radius 2 is 1.68 bits per heavy atom. The summed E-state index contributed by atoms with van der Waals surface area (Å²) in [5.41, 5.74) is -0.562. The first-order valence-electron chi connectivity index (χ1n) is 7.57. The van der Waals surface area contributed by atoms with E-state index in [2.05, 4.69) is 9.72 Å². The number of alkyl halides is 2. The summed E-state index contributed by atoms with van der Waals surface area (Å²) < 4.78 is 96.2. The minimum Gasteiger partial charge on any atom is -0.432 e. The second-order valence-corrected chi connectivity index (χ2v) is 7.16. The lowest BCUT2D eigenvalue weighted by atomic mass is 10.1. The van der Waals surface area contributed by atoms with E-state index in [4.69, 9.17) is 0 Å². The SMILES string of the molecule is O=S(=O)(Nc1cc(F)c(OC(F)F)cc1F)c1c[nH]c(-c2ccccc2F)c1. The van der Waals surface area contributed by atoms with Gasteiger partial charge >= 0.3 is 6.61 Å². The van der Waals surface area contributed by atoms with Crippen molar-refractivity contribution in [3.05, 3.63) is 66.1 Å². The molecule has 148 valence electrons. The second kappa shape index (κ2) is 7.50. The summed E-state index contributed by atoms with van der Waals surface area (Å²) in [5, 5.41) is 0. The third kappa shape index (κ3) is 4.09. The Bertz CT molecular complexity index is 1120. The molecule has 0 aliphatic carbocycles. The number of hydrogen-bond acceptors (Lipinski definition) is 3. The van der Waals surface area contributed by atoms with Crippen molar-refractivity contribution in [2.24, 2.45) is 0 Å². The molecule has 1 heterocycles. The number of aromatic amines is 1. The topological polar surface area (TPSA) is 71.2 Å². The number of nitrogens with one attached hydrogen (secondary N) is 2. The highest BCUT2D eigenvalue weighted by Crippen LogP contribution is 2.29. The van der Waals surface area contributed by atoms with Gasteiger partial charge in [-0.05, 0) is 18.2 Å². The Kier molecular flexibility index (Phi) is 5.27. The van der Waals surface area contributed by atoms with Gasteiger partial charge in [-0.3, -0.25) is 4.72 Å². The largest absolute Gasteiger partial charge is 0.432 e. The monoisotopic (exact) mass is 418 g/mol. The van der Waals surface area contributed by atoms with Crippen LogP contribution >= 0.6 is 0 Å². The van der Waals surface area contributed by atoms with Gasteiger partial charge < -0.3 is 9.72 Å². The molecule has 0 amide bonds. The van der Waals surface area contributed by atoms with Gasteiger partial charge in [0.1, 0.15) is 10.7 Å². The van der Waals surface area contributed by atoms with Crippen molar-refractivity contribution < 1.29 is 35.1 Å². The highest BCUT2D eigenvalue weighted by atomic mass is 32.2. The van der Waals surface area contributed by atoms with Crippen LogP contribution in [-0.4, -0.2) is 20.0 Å². The van der Waals surface area contributed by atoms with Crippen LogP contribution in [0.2, 0.25) is 0 Å². The maximum Gasteiger partial charge on any atom is 0.387 e. The van der Waals surface area contributed by atoms with Gasteiger partial charge in [0.25, 0.3) is 10.0 Å². The number of ether oxygens (including phenoxy) is 1. The fourth-order valence-corrected chi connectivity index (χ4v) is 3.41. The van der Waals surface area contributed by atoms with Crippen LogP contribution in [0.3, 0.4) is 0 Å². The van der Waals surface area contributed by atoms with Crippen LogP contribution in [0.1, 0.15) is 0 Å². The van der Waals surface area contributed by atoms with Crippen LogP contribution in [0.4, 0.5) is 27.6 Å². The normalized spacial score (nSPS) is 11.6. The van der Waals surface area contributed by atoms with E-state index in [-0.39, 0.29) is 16.2 Å². The molecule has 2 aromatic carbocycles. The highest BCUT2D eigenvalue weighted by molar-refractivity contribution is 7.92. The lowest BCUT2D eigenvalue weighted by Crippen LogP contribution is -2.14. The minimum absolute atomic E-state index is 0.106.